The predicted octanol–water partition coefficient (Wildman–Crippen LogP) is 2.62. The Bertz CT molecular complexity index is 497. The lowest BCUT2D eigenvalue weighted by Crippen LogP contribution is -2.39. The second kappa shape index (κ2) is 4.99. The van der Waals surface area contributed by atoms with Crippen LogP contribution in [0.1, 0.15) is 32.8 Å². The summed E-state index contributed by atoms with van der Waals surface area (Å²) < 4.78 is 5.35. The number of aromatic nitrogens is 1. The number of rotatable bonds is 1. The van der Waals surface area contributed by atoms with Crippen molar-refractivity contribution in [3.63, 3.8) is 0 Å². The van der Waals surface area contributed by atoms with Gasteiger partial charge in [-0.2, -0.15) is 0 Å². The predicted molar refractivity (Wildman–Crippen MR) is 75.6 cm³/mol. The van der Waals surface area contributed by atoms with Gasteiger partial charge in [-0.25, -0.2) is 4.79 Å². The van der Waals surface area contributed by atoms with Crippen molar-refractivity contribution < 1.29 is 9.53 Å². The normalized spacial score (nSPS) is 16.2. The molecule has 0 unspecified atom stereocenters. The van der Waals surface area contributed by atoms with Crippen molar-refractivity contribution in [1.82, 2.24) is 9.88 Å². The van der Waals surface area contributed by atoms with Crippen molar-refractivity contribution in [2.45, 2.75) is 32.8 Å². The van der Waals surface area contributed by atoms with Crippen LogP contribution in [0.25, 0.3) is 5.57 Å². The van der Waals surface area contributed by atoms with Gasteiger partial charge in [-0.15, -0.1) is 0 Å². The lowest BCUT2D eigenvalue weighted by Gasteiger charge is -2.29. The van der Waals surface area contributed by atoms with E-state index in [0.717, 1.165) is 12.0 Å². The van der Waals surface area contributed by atoms with Gasteiger partial charge in [0.25, 0.3) is 0 Å². The minimum Gasteiger partial charge on any atom is -0.444 e. The van der Waals surface area contributed by atoms with Gasteiger partial charge < -0.3 is 20.4 Å². The van der Waals surface area contributed by atoms with E-state index in [-0.39, 0.29) is 6.09 Å². The van der Waals surface area contributed by atoms with E-state index in [1.165, 1.54) is 5.57 Å². The summed E-state index contributed by atoms with van der Waals surface area (Å²) in [5, 5.41) is 0. The number of anilines is 1. The van der Waals surface area contributed by atoms with Gasteiger partial charge in [-0.3, -0.25) is 0 Å². The van der Waals surface area contributed by atoms with Crippen molar-refractivity contribution in [3.05, 3.63) is 23.9 Å². The van der Waals surface area contributed by atoms with Gasteiger partial charge in [-0.1, -0.05) is 6.08 Å². The Morgan fingerprint density at radius 2 is 2.21 bits per heavy atom. The number of nitrogens with zero attached hydrogens (tertiary/aromatic N) is 1. The first-order chi connectivity index (χ1) is 8.85. The van der Waals surface area contributed by atoms with Crippen LogP contribution in [-0.2, 0) is 4.74 Å². The first kappa shape index (κ1) is 13.5. The number of H-pyrrole nitrogens is 1. The zero-order chi connectivity index (χ0) is 14.0. The maximum absolute atomic E-state index is 11.9. The van der Waals surface area contributed by atoms with Crippen molar-refractivity contribution in [3.8, 4) is 0 Å². The van der Waals surface area contributed by atoms with E-state index in [1.807, 2.05) is 33.0 Å². The maximum atomic E-state index is 11.9. The van der Waals surface area contributed by atoms with Crippen LogP contribution in [0.3, 0.4) is 0 Å². The topological polar surface area (TPSA) is 71.3 Å². The van der Waals surface area contributed by atoms with Crippen LogP contribution < -0.4 is 5.73 Å². The van der Waals surface area contributed by atoms with Gasteiger partial charge in [-0.05, 0) is 44.4 Å². The van der Waals surface area contributed by atoms with Gasteiger partial charge in [0.1, 0.15) is 11.4 Å². The molecule has 5 heteroatoms. The number of hydrogen-bond donors (Lipinski definition) is 2. The largest absolute Gasteiger partial charge is 0.444 e. The van der Waals surface area contributed by atoms with E-state index in [9.17, 15) is 4.79 Å². The fraction of sp³-hybridized carbons (Fsp3) is 0.500. The second-order valence-electron chi connectivity index (χ2n) is 5.75. The smallest absolute Gasteiger partial charge is 0.410 e. The molecule has 2 rings (SSSR count). The van der Waals surface area contributed by atoms with Gasteiger partial charge in [0, 0.05) is 19.3 Å². The van der Waals surface area contributed by atoms with Crippen molar-refractivity contribution >= 4 is 17.5 Å². The molecule has 1 amide bonds. The highest BCUT2D eigenvalue weighted by Gasteiger charge is 2.23. The third-order valence-corrected chi connectivity index (χ3v) is 2.94. The number of aromatic amines is 1. The van der Waals surface area contributed by atoms with E-state index < -0.39 is 5.60 Å². The molecule has 0 atom stereocenters. The molecule has 3 N–H and O–H groups in total. The summed E-state index contributed by atoms with van der Waals surface area (Å²) in [6, 6.07) is 1.91. The Hall–Kier alpha value is -1.91. The molecule has 5 nitrogen and oxygen atoms in total. The Kier molecular flexibility index (Phi) is 3.55. The standard InChI is InChI=1S/C14H21N3O2/c1-14(2,3)19-13(18)17-6-4-10(5-7-17)11-8-12(15)16-9-11/h4,8-9,16H,5-7,15H2,1-3H3. The second-order valence-corrected chi connectivity index (χ2v) is 5.75. The third-order valence-electron chi connectivity index (χ3n) is 2.94. The summed E-state index contributed by atoms with van der Waals surface area (Å²) in [7, 11) is 0. The fourth-order valence-corrected chi connectivity index (χ4v) is 2.02. The Balaban J connectivity index is 1.98. The molecule has 0 bridgehead atoms. The molecule has 0 saturated heterocycles. The van der Waals surface area contributed by atoms with Crippen LogP contribution in [0, 0.1) is 0 Å². The quantitative estimate of drug-likeness (QED) is 0.818. The Labute approximate surface area is 113 Å². The monoisotopic (exact) mass is 263 g/mol. The zero-order valence-electron chi connectivity index (χ0n) is 11.7. The maximum Gasteiger partial charge on any atom is 0.410 e. The summed E-state index contributed by atoms with van der Waals surface area (Å²) in [6.07, 6.45) is 4.51. The van der Waals surface area contributed by atoms with E-state index >= 15 is 0 Å². The highest BCUT2D eigenvalue weighted by molar-refractivity contribution is 5.73. The first-order valence-electron chi connectivity index (χ1n) is 6.46. The Morgan fingerprint density at radius 1 is 1.47 bits per heavy atom. The third kappa shape index (κ3) is 3.53. The summed E-state index contributed by atoms with van der Waals surface area (Å²) in [5.41, 5.74) is 7.53. The number of ether oxygens (including phenoxy) is 1. The number of carbonyl (C=O) groups excluding carboxylic acids is 1. The van der Waals surface area contributed by atoms with Crippen LogP contribution in [0.15, 0.2) is 18.3 Å². The molecule has 1 aliphatic heterocycles. The molecule has 0 radical (unpaired) electrons. The van der Waals surface area contributed by atoms with E-state index in [4.69, 9.17) is 10.5 Å². The molecule has 104 valence electrons. The molecule has 0 aliphatic carbocycles. The molecule has 1 aromatic rings. The average Bonchev–Trinajstić information content (AvgIpc) is 2.74. The van der Waals surface area contributed by atoms with Crippen LogP contribution in [0.4, 0.5) is 10.6 Å². The molecular weight excluding hydrogens is 242 g/mol. The molecule has 1 aromatic heterocycles. The van der Waals surface area contributed by atoms with Gasteiger partial charge in [0.05, 0.1) is 0 Å². The summed E-state index contributed by atoms with van der Waals surface area (Å²) in [4.78, 5) is 16.6. The van der Waals surface area contributed by atoms with E-state index in [2.05, 4.69) is 11.1 Å². The lowest BCUT2D eigenvalue weighted by molar-refractivity contribution is 0.0270. The van der Waals surface area contributed by atoms with Gasteiger partial charge in [0.15, 0.2) is 0 Å². The summed E-state index contributed by atoms with van der Waals surface area (Å²) in [6.45, 7) is 6.87. The van der Waals surface area contributed by atoms with E-state index in [1.54, 1.807) is 4.90 Å². The molecule has 0 spiro atoms. The molecule has 2 heterocycles. The molecule has 0 aromatic carbocycles. The number of nitrogens with two attached hydrogens (primary N) is 1. The average molecular weight is 263 g/mol. The fourth-order valence-electron chi connectivity index (χ4n) is 2.02. The first-order valence-corrected chi connectivity index (χ1v) is 6.46. The van der Waals surface area contributed by atoms with Gasteiger partial charge >= 0.3 is 6.09 Å². The molecule has 1 aliphatic rings. The molecule has 0 saturated carbocycles. The number of amides is 1. The van der Waals surface area contributed by atoms with Crippen molar-refractivity contribution in [2.75, 3.05) is 18.8 Å². The van der Waals surface area contributed by atoms with Crippen molar-refractivity contribution in [1.29, 1.82) is 0 Å². The number of carbonyl (C=O) groups is 1. The molecule has 19 heavy (non-hydrogen) atoms. The van der Waals surface area contributed by atoms with Crippen LogP contribution in [0.2, 0.25) is 0 Å². The van der Waals surface area contributed by atoms with Crippen LogP contribution >= 0.6 is 0 Å². The minimum absolute atomic E-state index is 0.253. The highest BCUT2D eigenvalue weighted by atomic mass is 16.6. The molecule has 0 fully saturated rings. The summed E-state index contributed by atoms with van der Waals surface area (Å²) >= 11 is 0. The van der Waals surface area contributed by atoms with E-state index in [0.29, 0.717) is 18.9 Å². The molecular formula is C14H21N3O2. The SMILES string of the molecule is CC(C)(C)OC(=O)N1CC=C(c2c[nH]c(N)c2)CC1. The highest BCUT2D eigenvalue weighted by Crippen LogP contribution is 2.24. The minimum atomic E-state index is -0.448. The number of nitrogens with one attached hydrogen (secondary N) is 1. The van der Waals surface area contributed by atoms with Crippen molar-refractivity contribution in [2.24, 2.45) is 0 Å². The number of nitrogen functional groups attached to an aromatic ring is 1. The van der Waals surface area contributed by atoms with Crippen LogP contribution in [-0.4, -0.2) is 34.7 Å². The van der Waals surface area contributed by atoms with Crippen LogP contribution in [0.5, 0.6) is 0 Å². The lowest BCUT2D eigenvalue weighted by atomic mass is 10.0. The number of hydrogen-bond acceptors (Lipinski definition) is 3. The van der Waals surface area contributed by atoms with Gasteiger partial charge in [0.2, 0.25) is 0 Å². The Morgan fingerprint density at radius 3 is 2.68 bits per heavy atom. The zero-order valence-corrected chi connectivity index (χ0v) is 11.7. The summed E-state index contributed by atoms with van der Waals surface area (Å²) in [5.74, 6) is 0.658.